The Morgan fingerprint density at radius 2 is 1.38 bits per heavy atom. The van der Waals surface area contributed by atoms with E-state index < -0.39 is 11.2 Å². The highest BCUT2D eigenvalue weighted by Gasteiger charge is 2.28. The van der Waals surface area contributed by atoms with E-state index in [1.807, 2.05) is 60.6 Å². The number of methoxy groups -OCH3 is 1. The Hall–Kier alpha value is -3.88. The molecule has 0 spiro atoms. The number of aryl methyl sites for hydroxylation is 1. The average molecular weight is 581 g/mol. The van der Waals surface area contributed by atoms with Crippen molar-refractivity contribution < 1.29 is 33.4 Å². The fourth-order valence-corrected chi connectivity index (χ4v) is 5.00. The van der Waals surface area contributed by atoms with Gasteiger partial charge in [0.25, 0.3) is 0 Å². The van der Waals surface area contributed by atoms with Gasteiger partial charge in [-0.2, -0.15) is 0 Å². The fourth-order valence-electron chi connectivity index (χ4n) is 5.00. The Bertz CT molecular complexity index is 1320. The van der Waals surface area contributed by atoms with Crippen LogP contribution in [0.15, 0.2) is 24.3 Å². The summed E-state index contributed by atoms with van der Waals surface area (Å²) in [5, 5.41) is 0. The van der Waals surface area contributed by atoms with Crippen molar-refractivity contribution in [2.45, 2.75) is 92.0 Å². The van der Waals surface area contributed by atoms with Crippen molar-refractivity contribution in [2.24, 2.45) is 0 Å². The van der Waals surface area contributed by atoms with Crippen molar-refractivity contribution in [1.82, 2.24) is 9.80 Å². The summed E-state index contributed by atoms with van der Waals surface area (Å²) < 4.78 is 16.0. The molecule has 0 unspecified atom stereocenters. The molecule has 0 atom stereocenters. The Balaban J connectivity index is 0.000000230. The Morgan fingerprint density at radius 3 is 1.88 bits per heavy atom. The Kier molecular flexibility index (Phi) is 10.4. The summed E-state index contributed by atoms with van der Waals surface area (Å²) in [5.41, 5.74) is 5.52. The van der Waals surface area contributed by atoms with Crippen LogP contribution < -0.4 is 4.74 Å². The molecule has 0 saturated heterocycles. The predicted molar refractivity (Wildman–Crippen MR) is 160 cm³/mol. The number of rotatable bonds is 4. The van der Waals surface area contributed by atoms with Crippen molar-refractivity contribution in [3.63, 3.8) is 0 Å². The minimum Gasteiger partial charge on any atom is -0.496 e. The van der Waals surface area contributed by atoms with E-state index in [9.17, 15) is 19.2 Å². The second-order valence-electron chi connectivity index (χ2n) is 12.5. The zero-order valence-electron chi connectivity index (χ0n) is 26.2. The van der Waals surface area contributed by atoms with Crippen molar-refractivity contribution in [3.05, 3.63) is 63.2 Å². The number of benzene rings is 2. The topological polar surface area (TPSA) is 102 Å². The Labute approximate surface area is 249 Å². The van der Waals surface area contributed by atoms with Gasteiger partial charge in [0.1, 0.15) is 23.2 Å². The molecule has 2 aliphatic rings. The van der Waals surface area contributed by atoms with E-state index >= 15 is 0 Å². The van der Waals surface area contributed by atoms with Crippen LogP contribution in [0.2, 0.25) is 0 Å². The van der Waals surface area contributed by atoms with Gasteiger partial charge >= 0.3 is 12.2 Å². The third kappa shape index (κ3) is 8.33. The van der Waals surface area contributed by atoms with Crippen LogP contribution in [0, 0.1) is 0 Å². The summed E-state index contributed by atoms with van der Waals surface area (Å²) in [4.78, 5) is 50.1. The molecule has 228 valence electrons. The van der Waals surface area contributed by atoms with Gasteiger partial charge in [-0.05, 0) is 101 Å². The predicted octanol–water partition coefficient (Wildman–Crippen LogP) is 6.16. The molecule has 2 aliphatic heterocycles. The molecule has 2 aromatic rings. The van der Waals surface area contributed by atoms with Gasteiger partial charge in [0, 0.05) is 25.2 Å². The van der Waals surface area contributed by atoms with Gasteiger partial charge in [0.05, 0.1) is 19.2 Å². The molecular weight excluding hydrogens is 536 g/mol. The van der Waals surface area contributed by atoms with E-state index in [2.05, 4.69) is 6.07 Å². The highest BCUT2D eigenvalue weighted by Crippen LogP contribution is 2.29. The molecular formula is C33H44N2O7. The maximum absolute atomic E-state index is 12.2. The molecule has 0 saturated carbocycles. The maximum Gasteiger partial charge on any atom is 0.410 e. The minimum atomic E-state index is -0.529. The van der Waals surface area contributed by atoms with Crippen LogP contribution in [0.1, 0.15) is 97.0 Å². The lowest BCUT2D eigenvalue weighted by molar-refractivity contribution is 0.0213. The fraction of sp³-hybridized carbons (Fsp3) is 0.515. The normalized spacial score (nSPS) is 14.5. The van der Waals surface area contributed by atoms with E-state index in [-0.39, 0.29) is 12.2 Å². The van der Waals surface area contributed by atoms with E-state index in [0.29, 0.717) is 43.9 Å². The van der Waals surface area contributed by atoms with E-state index in [1.54, 1.807) is 15.9 Å². The molecule has 0 aromatic heterocycles. The number of nitrogens with zero attached hydrogens (tertiary/aromatic N) is 2. The Morgan fingerprint density at radius 1 is 0.810 bits per heavy atom. The van der Waals surface area contributed by atoms with Gasteiger partial charge in [-0.15, -0.1) is 0 Å². The number of aldehydes is 2. The van der Waals surface area contributed by atoms with Crippen molar-refractivity contribution in [3.8, 4) is 5.75 Å². The summed E-state index contributed by atoms with van der Waals surface area (Å²) >= 11 is 0. The molecule has 0 radical (unpaired) electrons. The molecule has 0 N–H and O–H groups in total. The van der Waals surface area contributed by atoms with E-state index in [1.165, 1.54) is 7.11 Å². The molecule has 4 rings (SSSR count). The first kappa shape index (κ1) is 32.6. The number of amides is 2. The first-order chi connectivity index (χ1) is 19.7. The highest BCUT2D eigenvalue weighted by molar-refractivity contribution is 5.83. The standard InChI is InChI=1S/C17H23NO3.C16H21NO4/c1-5-12-8-14-10-18(16(20)21-17(2,3)4)7-6-13(14)9-15(12)11-19;1-16(2,3)21-15(19)17-8-7-11-5-6-14(20-4)13(10-18)12(11)9-17/h8-9,11H,5-7,10H2,1-4H3;5-6,10H,7-9H2,1-4H3. The van der Waals surface area contributed by atoms with Crippen LogP contribution in [-0.4, -0.2) is 66.0 Å². The van der Waals surface area contributed by atoms with Crippen LogP contribution in [0.4, 0.5) is 9.59 Å². The number of ether oxygens (including phenoxy) is 3. The van der Waals surface area contributed by atoms with E-state index in [4.69, 9.17) is 14.2 Å². The quantitative estimate of drug-likeness (QED) is 0.399. The zero-order chi connectivity index (χ0) is 31.2. The second-order valence-corrected chi connectivity index (χ2v) is 12.5. The molecule has 9 heteroatoms. The zero-order valence-corrected chi connectivity index (χ0v) is 26.2. The maximum atomic E-state index is 12.2. The van der Waals surface area contributed by atoms with Crippen LogP contribution in [0.5, 0.6) is 5.75 Å². The molecule has 2 amide bonds. The lowest BCUT2D eigenvalue weighted by atomic mass is 9.93. The summed E-state index contributed by atoms with van der Waals surface area (Å²) in [5.74, 6) is 0.537. The largest absolute Gasteiger partial charge is 0.496 e. The third-order valence-electron chi connectivity index (χ3n) is 7.04. The van der Waals surface area contributed by atoms with Gasteiger partial charge in [-0.1, -0.05) is 19.1 Å². The average Bonchev–Trinajstić information content (AvgIpc) is 2.93. The van der Waals surface area contributed by atoms with Gasteiger partial charge in [-0.25, -0.2) is 9.59 Å². The summed E-state index contributed by atoms with van der Waals surface area (Å²) in [6, 6.07) is 7.77. The first-order valence-electron chi connectivity index (χ1n) is 14.4. The SMILES string of the molecule is CCc1cc2c(cc1C=O)CCN(C(=O)OC(C)(C)C)C2.COc1ccc2c(c1C=O)CN(C(=O)OC(C)(C)C)CC2. The van der Waals surface area contributed by atoms with Gasteiger partial charge in [0.15, 0.2) is 6.29 Å². The lowest BCUT2D eigenvalue weighted by Gasteiger charge is -2.32. The molecule has 0 fully saturated rings. The van der Waals surface area contributed by atoms with Crippen molar-refractivity contribution in [1.29, 1.82) is 0 Å². The van der Waals surface area contributed by atoms with Crippen molar-refractivity contribution >= 4 is 24.8 Å². The number of hydrogen-bond donors (Lipinski definition) is 0. The number of carbonyl (C=O) groups excluding carboxylic acids is 4. The first-order valence-corrected chi connectivity index (χ1v) is 14.4. The molecule has 9 nitrogen and oxygen atoms in total. The lowest BCUT2D eigenvalue weighted by Crippen LogP contribution is -2.40. The minimum absolute atomic E-state index is 0.273. The van der Waals surface area contributed by atoms with Crippen molar-refractivity contribution in [2.75, 3.05) is 20.2 Å². The molecule has 0 aliphatic carbocycles. The molecule has 42 heavy (non-hydrogen) atoms. The van der Waals surface area contributed by atoms with Gasteiger partial charge in [0.2, 0.25) is 0 Å². The highest BCUT2D eigenvalue weighted by atomic mass is 16.6. The molecule has 0 bridgehead atoms. The number of fused-ring (bicyclic) bond motifs is 2. The van der Waals surface area contributed by atoms with Gasteiger partial charge < -0.3 is 24.0 Å². The van der Waals surface area contributed by atoms with Crippen LogP contribution >= 0.6 is 0 Å². The summed E-state index contributed by atoms with van der Waals surface area (Å²) in [6.07, 6.45) is 3.36. The number of hydrogen-bond acceptors (Lipinski definition) is 7. The second kappa shape index (κ2) is 13.4. The number of carbonyl (C=O) groups is 4. The molecule has 2 aromatic carbocycles. The monoisotopic (exact) mass is 580 g/mol. The third-order valence-corrected chi connectivity index (χ3v) is 7.04. The van der Waals surface area contributed by atoms with Crippen LogP contribution in [0.25, 0.3) is 0 Å². The smallest absolute Gasteiger partial charge is 0.410 e. The van der Waals surface area contributed by atoms with Crippen LogP contribution in [-0.2, 0) is 41.8 Å². The molecule has 2 heterocycles. The van der Waals surface area contributed by atoms with Crippen LogP contribution in [0.3, 0.4) is 0 Å². The summed E-state index contributed by atoms with van der Waals surface area (Å²) in [6.45, 7) is 15.3. The van der Waals surface area contributed by atoms with Gasteiger partial charge in [-0.3, -0.25) is 9.59 Å². The summed E-state index contributed by atoms with van der Waals surface area (Å²) in [7, 11) is 1.53. The van der Waals surface area contributed by atoms with E-state index in [0.717, 1.165) is 58.8 Å².